The van der Waals surface area contributed by atoms with E-state index in [0.717, 1.165) is 12.2 Å². The van der Waals surface area contributed by atoms with Gasteiger partial charge in [0.1, 0.15) is 6.61 Å². The summed E-state index contributed by atoms with van der Waals surface area (Å²) < 4.78 is 5.86. The van der Waals surface area contributed by atoms with Crippen molar-refractivity contribution in [1.82, 2.24) is 0 Å². The van der Waals surface area contributed by atoms with Crippen molar-refractivity contribution >= 4 is 0 Å². The average Bonchev–Trinajstić information content (AvgIpc) is 2.50. The Balaban J connectivity index is 2.12. The standard InChI is InChI=1S/C18H18O/c1-15-12-13-18(14-19-15,16-8-4-2-5-9-16)17-10-6-3-7-11-17/h2-12H,13-14H2,1H3. The lowest BCUT2D eigenvalue weighted by atomic mass is 9.72. The molecule has 0 saturated heterocycles. The van der Waals surface area contributed by atoms with Gasteiger partial charge in [0.05, 0.1) is 11.2 Å². The third-order valence-electron chi connectivity index (χ3n) is 3.94. The number of benzene rings is 2. The smallest absolute Gasteiger partial charge is 0.102 e. The van der Waals surface area contributed by atoms with E-state index in [4.69, 9.17) is 4.74 Å². The van der Waals surface area contributed by atoms with Crippen molar-refractivity contribution < 1.29 is 4.74 Å². The second-order valence-corrected chi connectivity index (χ2v) is 5.12. The lowest BCUT2D eigenvalue weighted by Gasteiger charge is -2.37. The van der Waals surface area contributed by atoms with Crippen molar-refractivity contribution in [3.05, 3.63) is 83.6 Å². The molecule has 96 valence electrons. The molecule has 0 aromatic heterocycles. The maximum absolute atomic E-state index is 5.86. The Labute approximate surface area is 114 Å². The summed E-state index contributed by atoms with van der Waals surface area (Å²) in [6.45, 7) is 2.74. The molecule has 0 amide bonds. The molecule has 0 bridgehead atoms. The molecule has 0 fully saturated rings. The highest BCUT2D eigenvalue weighted by atomic mass is 16.5. The highest BCUT2D eigenvalue weighted by molar-refractivity contribution is 5.41. The molecular formula is C18H18O. The Morgan fingerprint density at radius 3 is 1.79 bits per heavy atom. The Hall–Kier alpha value is -2.02. The van der Waals surface area contributed by atoms with Crippen molar-refractivity contribution in [2.24, 2.45) is 0 Å². The van der Waals surface area contributed by atoms with Gasteiger partial charge >= 0.3 is 0 Å². The van der Waals surface area contributed by atoms with E-state index in [1.165, 1.54) is 11.1 Å². The number of hydrogen-bond acceptors (Lipinski definition) is 1. The van der Waals surface area contributed by atoms with Gasteiger partial charge in [-0.05, 0) is 30.5 Å². The molecule has 2 aromatic carbocycles. The molecule has 1 aliphatic heterocycles. The molecule has 1 heteroatoms. The summed E-state index contributed by atoms with van der Waals surface area (Å²) in [7, 11) is 0. The van der Waals surface area contributed by atoms with Crippen molar-refractivity contribution in [3.63, 3.8) is 0 Å². The van der Waals surface area contributed by atoms with Crippen molar-refractivity contribution in [3.8, 4) is 0 Å². The summed E-state index contributed by atoms with van der Waals surface area (Å²) in [4.78, 5) is 0. The first-order valence-electron chi connectivity index (χ1n) is 6.72. The van der Waals surface area contributed by atoms with E-state index in [1.807, 2.05) is 6.92 Å². The normalized spacial score (nSPS) is 17.4. The summed E-state index contributed by atoms with van der Waals surface area (Å²) in [5.74, 6) is 1.03. The van der Waals surface area contributed by atoms with Gasteiger partial charge in [-0.25, -0.2) is 0 Å². The van der Waals surface area contributed by atoms with Crippen LogP contribution in [0.15, 0.2) is 72.5 Å². The number of ether oxygens (including phenoxy) is 1. The van der Waals surface area contributed by atoms with Gasteiger partial charge < -0.3 is 4.74 Å². The molecule has 1 heterocycles. The lowest BCUT2D eigenvalue weighted by molar-refractivity contribution is 0.143. The van der Waals surface area contributed by atoms with Crippen LogP contribution in [0.1, 0.15) is 24.5 Å². The van der Waals surface area contributed by atoms with Crippen LogP contribution >= 0.6 is 0 Å². The Kier molecular flexibility index (Phi) is 3.12. The minimum atomic E-state index is -0.0535. The van der Waals surface area contributed by atoms with E-state index in [9.17, 15) is 0 Å². The maximum atomic E-state index is 5.86. The molecule has 0 N–H and O–H groups in total. The first kappa shape index (κ1) is 12.0. The Morgan fingerprint density at radius 2 is 1.37 bits per heavy atom. The van der Waals surface area contributed by atoms with Gasteiger partial charge in [-0.1, -0.05) is 60.7 Å². The molecular weight excluding hydrogens is 232 g/mol. The summed E-state index contributed by atoms with van der Waals surface area (Å²) in [5.41, 5.74) is 2.59. The molecule has 0 atom stereocenters. The van der Waals surface area contributed by atoms with E-state index in [1.54, 1.807) is 0 Å². The van der Waals surface area contributed by atoms with Crippen LogP contribution in [-0.4, -0.2) is 6.61 Å². The monoisotopic (exact) mass is 250 g/mol. The second kappa shape index (κ2) is 4.93. The zero-order valence-corrected chi connectivity index (χ0v) is 11.2. The largest absolute Gasteiger partial charge is 0.497 e. The topological polar surface area (TPSA) is 9.23 Å². The van der Waals surface area contributed by atoms with E-state index in [2.05, 4.69) is 66.7 Å². The van der Waals surface area contributed by atoms with Crippen LogP contribution in [0.4, 0.5) is 0 Å². The van der Waals surface area contributed by atoms with Crippen LogP contribution in [0, 0.1) is 0 Å². The zero-order valence-electron chi connectivity index (χ0n) is 11.2. The predicted molar refractivity (Wildman–Crippen MR) is 78.0 cm³/mol. The third-order valence-corrected chi connectivity index (χ3v) is 3.94. The summed E-state index contributed by atoms with van der Waals surface area (Å²) in [5, 5.41) is 0. The summed E-state index contributed by atoms with van der Waals surface area (Å²) >= 11 is 0. The first-order chi connectivity index (χ1) is 9.31. The molecule has 0 saturated carbocycles. The van der Waals surface area contributed by atoms with Gasteiger partial charge in [-0.3, -0.25) is 0 Å². The Morgan fingerprint density at radius 1 is 0.842 bits per heavy atom. The highest BCUT2D eigenvalue weighted by Crippen LogP contribution is 2.39. The van der Waals surface area contributed by atoms with Crippen molar-refractivity contribution in [1.29, 1.82) is 0 Å². The van der Waals surface area contributed by atoms with Gasteiger partial charge in [-0.15, -0.1) is 0 Å². The minimum absolute atomic E-state index is 0.0535. The number of allylic oxidation sites excluding steroid dienone is 2. The molecule has 2 aromatic rings. The molecule has 1 aliphatic rings. The number of hydrogen-bond donors (Lipinski definition) is 0. The first-order valence-corrected chi connectivity index (χ1v) is 6.72. The zero-order chi connectivity index (χ0) is 13.1. The molecule has 3 rings (SSSR count). The van der Waals surface area contributed by atoms with Crippen LogP contribution in [0.2, 0.25) is 0 Å². The van der Waals surface area contributed by atoms with E-state index in [0.29, 0.717) is 6.61 Å². The SMILES string of the molecule is CC1=CCC(c2ccccc2)(c2ccccc2)CO1. The van der Waals surface area contributed by atoms with Gasteiger partial charge in [0, 0.05) is 0 Å². The number of rotatable bonds is 2. The van der Waals surface area contributed by atoms with Gasteiger partial charge in [-0.2, -0.15) is 0 Å². The van der Waals surface area contributed by atoms with Crippen LogP contribution in [0.5, 0.6) is 0 Å². The summed E-state index contributed by atoms with van der Waals surface area (Å²) in [6.07, 6.45) is 3.19. The predicted octanol–water partition coefficient (Wildman–Crippen LogP) is 4.30. The molecule has 1 nitrogen and oxygen atoms in total. The van der Waals surface area contributed by atoms with Crippen LogP contribution < -0.4 is 0 Å². The van der Waals surface area contributed by atoms with Crippen molar-refractivity contribution in [2.75, 3.05) is 6.61 Å². The molecule has 0 radical (unpaired) electrons. The van der Waals surface area contributed by atoms with Gasteiger partial charge in [0.15, 0.2) is 0 Å². The molecule has 0 aliphatic carbocycles. The lowest BCUT2D eigenvalue weighted by Crippen LogP contribution is -2.35. The maximum Gasteiger partial charge on any atom is 0.102 e. The second-order valence-electron chi connectivity index (χ2n) is 5.12. The van der Waals surface area contributed by atoms with Crippen molar-refractivity contribution in [2.45, 2.75) is 18.8 Å². The minimum Gasteiger partial charge on any atom is -0.497 e. The molecule has 0 unspecified atom stereocenters. The third kappa shape index (κ3) is 2.17. The van der Waals surface area contributed by atoms with E-state index in [-0.39, 0.29) is 5.41 Å². The average molecular weight is 250 g/mol. The molecule has 19 heavy (non-hydrogen) atoms. The van der Waals surface area contributed by atoms with Crippen LogP contribution in [0.25, 0.3) is 0 Å². The quantitative estimate of drug-likeness (QED) is 0.772. The molecule has 0 spiro atoms. The van der Waals surface area contributed by atoms with Gasteiger partial charge in [0.25, 0.3) is 0 Å². The fraction of sp³-hybridized carbons (Fsp3) is 0.222. The van der Waals surface area contributed by atoms with Gasteiger partial charge in [0.2, 0.25) is 0 Å². The summed E-state index contributed by atoms with van der Waals surface area (Å²) in [6, 6.07) is 21.3. The fourth-order valence-electron chi connectivity index (χ4n) is 2.76. The fourth-order valence-corrected chi connectivity index (χ4v) is 2.76. The van der Waals surface area contributed by atoms with Crippen LogP contribution in [0.3, 0.4) is 0 Å². The van der Waals surface area contributed by atoms with E-state index < -0.39 is 0 Å². The highest BCUT2D eigenvalue weighted by Gasteiger charge is 2.36. The van der Waals surface area contributed by atoms with Crippen LogP contribution in [-0.2, 0) is 10.2 Å². The Bertz CT molecular complexity index is 530. The van der Waals surface area contributed by atoms with E-state index >= 15 is 0 Å².